The summed E-state index contributed by atoms with van der Waals surface area (Å²) in [6.45, 7) is 4.56. The van der Waals surface area contributed by atoms with E-state index in [0.717, 1.165) is 30.7 Å². The summed E-state index contributed by atoms with van der Waals surface area (Å²) in [6.07, 6.45) is 3.98. The zero-order valence-corrected chi connectivity index (χ0v) is 12.6. The summed E-state index contributed by atoms with van der Waals surface area (Å²) in [7, 11) is 0. The highest BCUT2D eigenvalue weighted by Gasteiger charge is 2.34. The summed E-state index contributed by atoms with van der Waals surface area (Å²) in [5.74, 6) is 1.20. The van der Waals surface area contributed by atoms with Gasteiger partial charge in [-0.3, -0.25) is 0 Å². The van der Waals surface area contributed by atoms with Crippen LogP contribution in [0.4, 0.5) is 4.39 Å². The molecule has 0 aromatic heterocycles. The Morgan fingerprint density at radius 3 is 2.78 bits per heavy atom. The van der Waals surface area contributed by atoms with Crippen molar-refractivity contribution in [2.24, 2.45) is 17.6 Å². The van der Waals surface area contributed by atoms with E-state index in [-0.39, 0.29) is 11.4 Å². The molecule has 1 aromatic carbocycles. The maximum absolute atomic E-state index is 13.5. The molecule has 1 nitrogen and oxygen atoms in total. The normalized spacial score (nSPS) is 32.5. The fraction of sp³-hybridized carbons (Fsp3) is 0.600. The second kappa shape index (κ2) is 5.30. The lowest BCUT2D eigenvalue weighted by Gasteiger charge is -2.40. The number of hydrogen-bond acceptors (Lipinski definition) is 1. The van der Waals surface area contributed by atoms with Gasteiger partial charge >= 0.3 is 0 Å². The van der Waals surface area contributed by atoms with Crippen molar-refractivity contribution in [1.29, 1.82) is 0 Å². The number of nitrogens with two attached hydrogens (primary N) is 1. The van der Waals surface area contributed by atoms with Gasteiger partial charge in [0.25, 0.3) is 0 Å². The predicted molar refractivity (Wildman–Crippen MR) is 76.9 cm³/mol. The third-order valence-corrected chi connectivity index (χ3v) is 5.26. The average Bonchev–Trinajstić information content (AvgIpc) is 2.31. The molecule has 0 bridgehead atoms. The minimum Gasteiger partial charge on any atom is -0.325 e. The molecule has 1 aliphatic rings. The number of halogens is 2. The topological polar surface area (TPSA) is 26.0 Å². The second-order valence-corrected chi connectivity index (χ2v) is 6.74. The predicted octanol–water partition coefficient (Wildman–Crippen LogP) is 4.28. The molecule has 0 aliphatic heterocycles. The fourth-order valence-corrected chi connectivity index (χ4v) is 3.37. The molecule has 1 fully saturated rings. The van der Waals surface area contributed by atoms with E-state index < -0.39 is 0 Å². The Balaban J connectivity index is 2.15. The van der Waals surface area contributed by atoms with Gasteiger partial charge in [-0.15, -0.1) is 0 Å². The molecular weight excluding hydrogens is 293 g/mol. The third-order valence-electron chi connectivity index (χ3n) is 4.37. The lowest BCUT2D eigenvalue weighted by molar-refractivity contribution is 0.175. The highest BCUT2D eigenvalue weighted by Crippen LogP contribution is 2.37. The van der Waals surface area contributed by atoms with Crippen LogP contribution in [-0.2, 0) is 6.42 Å². The van der Waals surface area contributed by atoms with Crippen molar-refractivity contribution in [2.45, 2.75) is 45.1 Å². The van der Waals surface area contributed by atoms with Crippen LogP contribution in [0.3, 0.4) is 0 Å². The molecule has 0 heterocycles. The van der Waals surface area contributed by atoms with Gasteiger partial charge in [0.2, 0.25) is 0 Å². The van der Waals surface area contributed by atoms with E-state index in [1.807, 2.05) is 6.07 Å². The van der Waals surface area contributed by atoms with Crippen LogP contribution in [-0.4, -0.2) is 5.54 Å². The summed E-state index contributed by atoms with van der Waals surface area (Å²) in [6, 6.07) is 5.19. The van der Waals surface area contributed by atoms with E-state index in [0.29, 0.717) is 10.4 Å². The number of hydrogen-bond donors (Lipinski definition) is 1. The Morgan fingerprint density at radius 1 is 1.39 bits per heavy atom. The van der Waals surface area contributed by atoms with Gasteiger partial charge in [-0.2, -0.15) is 0 Å². The van der Waals surface area contributed by atoms with Gasteiger partial charge in [-0.05, 0) is 65.1 Å². The van der Waals surface area contributed by atoms with Crippen molar-refractivity contribution in [3.05, 3.63) is 34.1 Å². The first-order chi connectivity index (χ1) is 8.41. The summed E-state index contributed by atoms with van der Waals surface area (Å²) >= 11 is 3.33. The Morgan fingerprint density at radius 2 is 2.11 bits per heavy atom. The van der Waals surface area contributed by atoms with E-state index in [1.165, 1.54) is 12.5 Å². The molecule has 0 spiro atoms. The third kappa shape index (κ3) is 2.94. The molecule has 1 saturated carbocycles. The maximum Gasteiger partial charge on any atom is 0.137 e. The van der Waals surface area contributed by atoms with Crippen LogP contribution < -0.4 is 5.73 Å². The quantitative estimate of drug-likeness (QED) is 0.866. The lowest BCUT2D eigenvalue weighted by atomic mass is 9.69. The number of benzene rings is 1. The van der Waals surface area contributed by atoms with Gasteiger partial charge in [0.05, 0.1) is 4.47 Å². The zero-order chi connectivity index (χ0) is 13.3. The average molecular weight is 314 g/mol. The first-order valence-corrected chi connectivity index (χ1v) is 7.42. The minimum atomic E-state index is -0.201. The van der Waals surface area contributed by atoms with Crippen molar-refractivity contribution in [3.63, 3.8) is 0 Å². The largest absolute Gasteiger partial charge is 0.325 e. The van der Waals surface area contributed by atoms with Gasteiger partial charge < -0.3 is 5.73 Å². The van der Waals surface area contributed by atoms with Crippen LogP contribution in [0.2, 0.25) is 0 Å². The Kier molecular flexibility index (Phi) is 4.12. The van der Waals surface area contributed by atoms with Gasteiger partial charge in [-0.1, -0.05) is 26.0 Å². The molecule has 3 unspecified atom stereocenters. The molecule has 1 aromatic rings. The fourth-order valence-electron chi connectivity index (χ4n) is 2.97. The molecule has 0 radical (unpaired) electrons. The monoisotopic (exact) mass is 313 g/mol. The molecule has 3 atom stereocenters. The molecule has 0 amide bonds. The number of rotatable bonds is 2. The Bertz CT molecular complexity index is 435. The Hall–Kier alpha value is -0.410. The van der Waals surface area contributed by atoms with Crippen molar-refractivity contribution in [2.75, 3.05) is 0 Å². The maximum atomic E-state index is 13.5. The van der Waals surface area contributed by atoms with Gasteiger partial charge in [0.1, 0.15) is 5.82 Å². The lowest BCUT2D eigenvalue weighted by Crippen LogP contribution is -2.47. The molecular formula is C15H21BrFN. The van der Waals surface area contributed by atoms with Crippen LogP contribution in [0.15, 0.2) is 22.7 Å². The van der Waals surface area contributed by atoms with E-state index in [2.05, 4.69) is 29.8 Å². The Labute approximate surface area is 117 Å². The molecule has 2 N–H and O–H groups in total. The van der Waals surface area contributed by atoms with Crippen molar-refractivity contribution >= 4 is 15.9 Å². The van der Waals surface area contributed by atoms with Gasteiger partial charge in [-0.25, -0.2) is 4.39 Å². The van der Waals surface area contributed by atoms with E-state index >= 15 is 0 Å². The van der Waals surface area contributed by atoms with Crippen molar-refractivity contribution in [1.82, 2.24) is 0 Å². The molecule has 18 heavy (non-hydrogen) atoms. The van der Waals surface area contributed by atoms with Crippen molar-refractivity contribution < 1.29 is 4.39 Å². The zero-order valence-electron chi connectivity index (χ0n) is 11.0. The van der Waals surface area contributed by atoms with Gasteiger partial charge in [0, 0.05) is 5.54 Å². The molecule has 2 rings (SSSR count). The van der Waals surface area contributed by atoms with Crippen LogP contribution in [0.25, 0.3) is 0 Å². The standard InChI is InChI=1S/C15H21BrFN/c1-10-6-7-15(18,8-11(10)2)9-12-4-3-5-13(17)14(12)16/h3-5,10-11H,6-9,18H2,1-2H3. The van der Waals surface area contributed by atoms with Crippen LogP contribution in [0, 0.1) is 17.7 Å². The van der Waals surface area contributed by atoms with Gasteiger partial charge in [0.15, 0.2) is 0 Å². The first-order valence-electron chi connectivity index (χ1n) is 6.63. The SMILES string of the molecule is CC1CCC(N)(Cc2cccc(F)c2Br)CC1C. The first kappa shape index (κ1) is 14.0. The van der Waals surface area contributed by atoms with E-state index in [9.17, 15) is 4.39 Å². The summed E-state index contributed by atoms with van der Waals surface area (Å²) in [4.78, 5) is 0. The second-order valence-electron chi connectivity index (χ2n) is 5.95. The van der Waals surface area contributed by atoms with E-state index in [1.54, 1.807) is 6.07 Å². The van der Waals surface area contributed by atoms with Crippen LogP contribution in [0.5, 0.6) is 0 Å². The highest BCUT2D eigenvalue weighted by molar-refractivity contribution is 9.10. The molecule has 3 heteroatoms. The molecule has 100 valence electrons. The smallest absolute Gasteiger partial charge is 0.137 e. The molecule has 1 aliphatic carbocycles. The summed E-state index contributed by atoms with van der Waals surface area (Å²) in [5, 5.41) is 0. The van der Waals surface area contributed by atoms with Crippen molar-refractivity contribution in [3.8, 4) is 0 Å². The minimum absolute atomic E-state index is 0.178. The molecule has 0 saturated heterocycles. The van der Waals surface area contributed by atoms with Crippen LogP contribution in [0.1, 0.15) is 38.7 Å². The summed E-state index contributed by atoms with van der Waals surface area (Å²) < 4.78 is 14.1. The van der Waals surface area contributed by atoms with E-state index in [4.69, 9.17) is 5.73 Å². The highest BCUT2D eigenvalue weighted by atomic mass is 79.9. The summed E-state index contributed by atoms with van der Waals surface area (Å²) in [5.41, 5.74) is 7.33. The van der Waals surface area contributed by atoms with Crippen LogP contribution >= 0.6 is 15.9 Å².